The fraction of sp³-hybridized carbons (Fsp3) is 0.238. The molecule has 0 unspecified atom stereocenters. The van der Waals surface area contributed by atoms with Gasteiger partial charge in [-0.2, -0.15) is 0 Å². The number of rotatable bonds is 1. The lowest BCUT2D eigenvalue weighted by Gasteiger charge is -2.23. The number of nitrogens with zero attached hydrogens (tertiary/aromatic N) is 1. The van der Waals surface area contributed by atoms with Crippen LogP contribution < -0.4 is 0 Å². The molecule has 0 saturated carbocycles. The van der Waals surface area contributed by atoms with Gasteiger partial charge < -0.3 is 4.90 Å². The van der Waals surface area contributed by atoms with E-state index in [1.54, 1.807) is 0 Å². The Morgan fingerprint density at radius 1 is 0.682 bits per heavy atom. The summed E-state index contributed by atoms with van der Waals surface area (Å²) < 4.78 is 0. The van der Waals surface area contributed by atoms with E-state index in [0.29, 0.717) is 0 Å². The van der Waals surface area contributed by atoms with Gasteiger partial charge in [-0.3, -0.25) is 0 Å². The number of hydrogen-bond acceptors (Lipinski definition) is 1. The first-order valence-corrected chi connectivity index (χ1v) is 8.11. The van der Waals surface area contributed by atoms with Crippen LogP contribution in [0.15, 0.2) is 73.4 Å². The highest BCUT2D eigenvalue weighted by atomic mass is 15.1. The summed E-state index contributed by atoms with van der Waals surface area (Å²) in [5.74, 6) is 0. The highest BCUT2D eigenvalue weighted by molar-refractivity contribution is 5.98. The summed E-state index contributed by atoms with van der Waals surface area (Å²) in [4.78, 5) is 2.28. The quantitative estimate of drug-likeness (QED) is 0.526. The number of piperidine rings is 1. The van der Waals surface area contributed by atoms with Crippen molar-refractivity contribution in [3.05, 3.63) is 73.4 Å². The lowest BCUT2D eigenvalue weighted by atomic mass is 10.0. The van der Waals surface area contributed by atoms with Crippen LogP contribution in [0.5, 0.6) is 0 Å². The highest BCUT2D eigenvalue weighted by Crippen LogP contribution is 2.22. The van der Waals surface area contributed by atoms with Crippen molar-refractivity contribution in [1.82, 2.24) is 4.90 Å². The van der Waals surface area contributed by atoms with Crippen molar-refractivity contribution >= 4 is 21.5 Å². The third-order valence-electron chi connectivity index (χ3n) is 4.26. The Kier molecular flexibility index (Phi) is 4.75. The summed E-state index contributed by atoms with van der Waals surface area (Å²) in [7, 11) is 0. The molecular formula is C21H23N. The van der Waals surface area contributed by atoms with Crippen LogP contribution in [0.4, 0.5) is 0 Å². The second kappa shape index (κ2) is 7.13. The molecule has 22 heavy (non-hydrogen) atoms. The van der Waals surface area contributed by atoms with Crippen LogP contribution in [0.1, 0.15) is 19.3 Å². The highest BCUT2D eigenvalue weighted by Gasteiger charge is 2.03. The molecule has 1 saturated heterocycles. The molecular weight excluding hydrogens is 266 g/mol. The van der Waals surface area contributed by atoms with Crippen LogP contribution in [0.2, 0.25) is 0 Å². The van der Waals surface area contributed by atoms with E-state index in [0.717, 1.165) is 0 Å². The van der Waals surface area contributed by atoms with Crippen LogP contribution in [-0.4, -0.2) is 18.0 Å². The Morgan fingerprint density at radius 3 is 1.41 bits per heavy atom. The van der Waals surface area contributed by atoms with Crippen molar-refractivity contribution in [3.8, 4) is 0 Å². The number of benzene rings is 3. The van der Waals surface area contributed by atoms with E-state index in [1.807, 2.05) is 6.20 Å². The third kappa shape index (κ3) is 3.48. The Bertz CT molecular complexity index is 649. The van der Waals surface area contributed by atoms with Gasteiger partial charge in [0.15, 0.2) is 0 Å². The van der Waals surface area contributed by atoms with Gasteiger partial charge in [0.05, 0.1) is 0 Å². The van der Waals surface area contributed by atoms with E-state index >= 15 is 0 Å². The van der Waals surface area contributed by atoms with Gasteiger partial charge in [0.2, 0.25) is 0 Å². The van der Waals surface area contributed by atoms with Crippen molar-refractivity contribution in [1.29, 1.82) is 0 Å². The van der Waals surface area contributed by atoms with Crippen molar-refractivity contribution in [2.24, 2.45) is 0 Å². The Morgan fingerprint density at radius 2 is 1.09 bits per heavy atom. The normalized spacial score (nSPS) is 14.5. The molecule has 0 bridgehead atoms. The molecule has 0 aromatic heterocycles. The van der Waals surface area contributed by atoms with Crippen molar-refractivity contribution in [3.63, 3.8) is 0 Å². The molecule has 0 radical (unpaired) electrons. The van der Waals surface area contributed by atoms with Gasteiger partial charge in [-0.05, 0) is 59.1 Å². The number of likely N-dealkylation sites (tertiary alicyclic amines) is 1. The molecule has 1 aliphatic rings. The van der Waals surface area contributed by atoms with Gasteiger partial charge in [-0.15, -0.1) is 0 Å². The molecule has 0 aliphatic carbocycles. The van der Waals surface area contributed by atoms with Crippen LogP contribution in [0, 0.1) is 0 Å². The molecule has 1 fully saturated rings. The Hall–Kier alpha value is -2.28. The van der Waals surface area contributed by atoms with Gasteiger partial charge in [-0.25, -0.2) is 0 Å². The zero-order chi connectivity index (χ0) is 15.2. The molecule has 1 heterocycles. The summed E-state index contributed by atoms with van der Waals surface area (Å²) in [6.07, 6.45) is 6.06. The first-order chi connectivity index (χ1) is 10.9. The summed E-state index contributed by atoms with van der Waals surface area (Å²) in [5, 5.41) is 5.25. The number of hydrogen-bond donors (Lipinski definition) is 0. The van der Waals surface area contributed by atoms with Crippen molar-refractivity contribution in [2.75, 3.05) is 13.1 Å². The lowest BCUT2D eigenvalue weighted by molar-refractivity contribution is 0.310. The van der Waals surface area contributed by atoms with Gasteiger partial charge >= 0.3 is 0 Å². The molecule has 4 rings (SSSR count). The fourth-order valence-corrected chi connectivity index (χ4v) is 2.98. The topological polar surface area (TPSA) is 3.24 Å². The predicted molar refractivity (Wildman–Crippen MR) is 97.1 cm³/mol. The van der Waals surface area contributed by atoms with E-state index in [9.17, 15) is 0 Å². The maximum atomic E-state index is 3.71. The van der Waals surface area contributed by atoms with E-state index in [-0.39, 0.29) is 0 Å². The van der Waals surface area contributed by atoms with Gasteiger partial charge in [0.25, 0.3) is 0 Å². The SMILES string of the molecule is C=CN1CCCCC1.c1ccc2cc3ccccc3cc2c1. The second-order valence-electron chi connectivity index (χ2n) is 5.83. The molecule has 0 amide bonds. The summed E-state index contributed by atoms with van der Waals surface area (Å²) in [6, 6.07) is 21.4. The monoisotopic (exact) mass is 289 g/mol. The van der Waals surface area contributed by atoms with Gasteiger partial charge in [0.1, 0.15) is 0 Å². The van der Waals surface area contributed by atoms with E-state index < -0.39 is 0 Å². The van der Waals surface area contributed by atoms with E-state index in [4.69, 9.17) is 0 Å². The minimum absolute atomic E-state index is 1.23. The molecule has 3 aromatic rings. The van der Waals surface area contributed by atoms with Crippen molar-refractivity contribution in [2.45, 2.75) is 19.3 Å². The summed E-state index contributed by atoms with van der Waals surface area (Å²) in [6.45, 7) is 6.16. The standard InChI is InChI=1S/C14H10.C7H13N/c1-2-6-12-10-14-8-4-3-7-13(14)9-11(12)5-1;1-2-8-6-4-3-5-7-8/h1-10H;2H,1,3-7H2. The molecule has 0 atom stereocenters. The second-order valence-corrected chi connectivity index (χ2v) is 5.83. The largest absolute Gasteiger partial charge is 0.378 e. The molecule has 0 spiro atoms. The smallest absolute Gasteiger partial charge is 0.0172 e. The van der Waals surface area contributed by atoms with Crippen LogP contribution in [-0.2, 0) is 0 Å². The van der Waals surface area contributed by atoms with Crippen LogP contribution in [0.3, 0.4) is 0 Å². The molecule has 1 nitrogen and oxygen atoms in total. The first kappa shape index (κ1) is 14.6. The van der Waals surface area contributed by atoms with Crippen LogP contribution in [0.25, 0.3) is 21.5 Å². The Balaban J connectivity index is 0.000000154. The third-order valence-corrected chi connectivity index (χ3v) is 4.26. The fourth-order valence-electron chi connectivity index (χ4n) is 2.98. The van der Waals surface area contributed by atoms with Gasteiger partial charge in [0, 0.05) is 13.1 Å². The zero-order valence-corrected chi connectivity index (χ0v) is 13.0. The zero-order valence-electron chi connectivity index (χ0n) is 13.0. The maximum Gasteiger partial charge on any atom is 0.0172 e. The van der Waals surface area contributed by atoms with Gasteiger partial charge in [-0.1, -0.05) is 55.1 Å². The minimum atomic E-state index is 1.23. The average molecular weight is 289 g/mol. The molecule has 0 N–H and O–H groups in total. The lowest BCUT2D eigenvalue weighted by Crippen LogP contribution is -2.23. The van der Waals surface area contributed by atoms with E-state index in [2.05, 4.69) is 72.1 Å². The summed E-state index contributed by atoms with van der Waals surface area (Å²) in [5.41, 5.74) is 0. The average Bonchev–Trinajstić information content (AvgIpc) is 2.61. The van der Waals surface area contributed by atoms with E-state index in [1.165, 1.54) is 53.9 Å². The summed E-state index contributed by atoms with van der Waals surface area (Å²) >= 11 is 0. The minimum Gasteiger partial charge on any atom is -0.378 e. The Labute approximate surface area is 132 Å². The van der Waals surface area contributed by atoms with Crippen LogP contribution >= 0.6 is 0 Å². The predicted octanol–water partition coefficient (Wildman–Crippen LogP) is 5.61. The maximum absolute atomic E-state index is 3.71. The molecule has 3 aromatic carbocycles. The van der Waals surface area contributed by atoms with Crippen molar-refractivity contribution < 1.29 is 0 Å². The molecule has 1 heteroatoms. The molecule has 112 valence electrons. The first-order valence-electron chi connectivity index (χ1n) is 8.11. The number of fused-ring (bicyclic) bond motifs is 2. The molecule has 1 aliphatic heterocycles.